The average Bonchev–Trinajstić information content (AvgIpc) is 3.28. The SMILES string of the molecule is Cc1cc2nc(SCc3nc(-c4ccccc4)oc3C)n(CCC(C)C)c(=O)c2[nH]1. The van der Waals surface area contributed by atoms with Gasteiger partial charge in [-0.25, -0.2) is 9.97 Å². The van der Waals surface area contributed by atoms with Gasteiger partial charge in [0, 0.05) is 23.6 Å². The predicted molar refractivity (Wildman–Crippen MR) is 121 cm³/mol. The normalized spacial score (nSPS) is 11.6. The van der Waals surface area contributed by atoms with E-state index in [4.69, 9.17) is 9.40 Å². The molecule has 30 heavy (non-hydrogen) atoms. The molecule has 0 aliphatic carbocycles. The standard InChI is InChI=1S/C23H26N4O2S/c1-14(2)10-11-27-22(28)20-18(12-15(3)24-20)26-23(27)30-13-19-16(4)29-21(25-19)17-8-6-5-7-9-17/h5-9,12,14,24H,10-11,13H2,1-4H3. The highest BCUT2D eigenvalue weighted by atomic mass is 32.2. The number of aryl methyl sites for hydroxylation is 2. The molecule has 0 unspecified atom stereocenters. The second-order valence-electron chi connectivity index (χ2n) is 7.92. The average molecular weight is 423 g/mol. The highest BCUT2D eigenvalue weighted by Gasteiger charge is 2.17. The van der Waals surface area contributed by atoms with Gasteiger partial charge in [0.05, 0.1) is 11.2 Å². The number of hydrogen-bond donors (Lipinski definition) is 1. The summed E-state index contributed by atoms with van der Waals surface area (Å²) in [5, 5.41) is 0.718. The molecule has 0 fully saturated rings. The Hall–Kier alpha value is -2.80. The van der Waals surface area contributed by atoms with Crippen LogP contribution in [-0.4, -0.2) is 19.5 Å². The van der Waals surface area contributed by atoms with Crippen LogP contribution in [0.5, 0.6) is 0 Å². The Balaban J connectivity index is 1.64. The predicted octanol–water partition coefficient (Wildman–Crippen LogP) is 5.33. The number of aromatic nitrogens is 4. The Morgan fingerprint density at radius 3 is 2.67 bits per heavy atom. The molecule has 0 amide bonds. The molecule has 0 aliphatic rings. The highest BCUT2D eigenvalue weighted by molar-refractivity contribution is 7.98. The van der Waals surface area contributed by atoms with Crippen molar-refractivity contribution in [1.29, 1.82) is 0 Å². The van der Waals surface area contributed by atoms with Crippen LogP contribution >= 0.6 is 11.8 Å². The minimum atomic E-state index is -0.0156. The second kappa shape index (κ2) is 8.52. The minimum Gasteiger partial charge on any atom is -0.441 e. The fraction of sp³-hybridized carbons (Fsp3) is 0.348. The summed E-state index contributed by atoms with van der Waals surface area (Å²) < 4.78 is 7.67. The molecule has 7 heteroatoms. The topological polar surface area (TPSA) is 76.7 Å². The highest BCUT2D eigenvalue weighted by Crippen LogP contribution is 2.27. The van der Waals surface area contributed by atoms with Gasteiger partial charge >= 0.3 is 0 Å². The first-order valence-corrected chi connectivity index (χ1v) is 11.2. The molecule has 0 bridgehead atoms. The first-order valence-electron chi connectivity index (χ1n) is 10.2. The van der Waals surface area contributed by atoms with Crippen LogP contribution in [0.25, 0.3) is 22.5 Å². The molecule has 0 aliphatic heterocycles. The van der Waals surface area contributed by atoms with Gasteiger partial charge in [0.25, 0.3) is 5.56 Å². The Bertz CT molecular complexity index is 1220. The molecule has 3 heterocycles. The fourth-order valence-corrected chi connectivity index (χ4v) is 4.33. The Morgan fingerprint density at radius 2 is 1.93 bits per heavy atom. The minimum absolute atomic E-state index is 0.0156. The van der Waals surface area contributed by atoms with Crippen molar-refractivity contribution in [1.82, 2.24) is 19.5 Å². The lowest BCUT2D eigenvalue weighted by Crippen LogP contribution is -2.24. The third-order valence-electron chi connectivity index (χ3n) is 5.02. The molecule has 6 nitrogen and oxygen atoms in total. The number of benzene rings is 1. The van der Waals surface area contributed by atoms with E-state index < -0.39 is 0 Å². The van der Waals surface area contributed by atoms with Crippen molar-refractivity contribution < 1.29 is 4.42 Å². The quantitative estimate of drug-likeness (QED) is 0.321. The van der Waals surface area contributed by atoms with Gasteiger partial charge in [0.15, 0.2) is 5.16 Å². The number of H-pyrrole nitrogens is 1. The lowest BCUT2D eigenvalue weighted by molar-refractivity contribution is 0.480. The van der Waals surface area contributed by atoms with Crippen LogP contribution in [0.4, 0.5) is 0 Å². The van der Waals surface area contributed by atoms with E-state index in [0.29, 0.717) is 35.1 Å². The summed E-state index contributed by atoms with van der Waals surface area (Å²) in [5.74, 6) is 2.49. The third kappa shape index (κ3) is 4.21. The lowest BCUT2D eigenvalue weighted by Gasteiger charge is -2.12. The summed E-state index contributed by atoms with van der Waals surface area (Å²) in [4.78, 5) is 25.7. The van der Waals surface area contributed by atoms with Crippen molar-refractivity contribution in [3.8, 4) is 11.5 Å². The summed E-state index contributed by atoms with van der Waals surface area (Å²) in [6.07, 6.45) is 0.918. The van der Waals surface area contributed by atoms with E-state index in [-0.39, 0.29) is 5.56 Å². The monoisotopic (exact) mass is 422 g/mol. The third-order valence-corrected chi connectivity index (χ3v) is 6.01. The molecule has 4 aromatic rings. The molecule has 4 rings (SSSR count). The molecule has 156 valence electrons. The zero-order valence-corrected chi connectivity index (χ0v) is 18.5. The lowest BCUT2D eigenvalue weighted by atomic mass is 10.1. The van der Waals surface area contributed by atoms with Crippen LogP contribution in [0.3, 0.4) is 0 Å². The number of aromatic amines is 1. The number of fused-ring (bicyclic) bond motifs is 1. The van der Waals surface area contributed by atoms with Crippen molar-refractivity contribution >= 4 is 22.8 Å². The first kappa shape index (κ1) is 20.5. The number of nitrogens with one attached hydrogen (secondary N) is 1. The molecule has 0 saturated carbocycles. The molecule has 0 radical (unpaired) electrons. The van der Waals surface area contributed by atoms with Crippen LogP contribution in [0.2, 0.25) is 0 Å². The van der Waals surface area contributed by atoms with Gasteiger partial charge < -0.3 is 9.40 Å². The van der Waals surface area contributed by atoms with Gasteiger partial charge in [0.2, 0.25) is 5.89 Å². The zero-order valence-electron chi connectivity index (χ0n) is 17.7. The van der Waals surface area contributed by atoms with Gasteiger partial charge in [-0.15, -0.1) is 0 Å². The summed E-state index contributed by atoms with van der Waals surface area (Å²) in [5.41, 5.74) is 4.03. The molecular weight excluding hydrogens is 396 g/mol. The van der Waals surface area contributed by atoms with Crippen LogP contribution < -0.4 is 5.56 Å². The fourth-order valence-electron chi connectivity index (χ4n) is 3.30. The maximum absolute atomic E-state index is 13.1. The van der Waals surface area contributed by atoms with Crippen LogP contribution in [0, 0.1) is 19.8 Å². The largest absolute Gasteiger partial charge is 0.441 e. The first-order chi connectivity index (χ1) is 14.4. The van der Waals surface area contributed by atoms with Gasteiger partial charge in [0.1, 0.15) is 11.3 Å². The Labute approximate surface area is 179 Å². The van der Waals surface area contributed by atoms with E-state index in [1.807, 2.05) is 50.2 Å². The molecule has 0 saturated heterocycles. The van der Waals surface area contributed by atoms with Gasteiger partial charge in [-0.2, -0.15) is 0 Å². The van der Waals surface area contributed by atoms with E-state index in [9.17, 15) is 4.79 Å². The molecular formula is C23H26N4O2S. The Kier molecular flexibility index (Phi) is 5.81. The van der Waals surface area contributed by atoms with E-state index in [1.54, 1.807) is 4.57 Å². The second-order valence-corrected chi connectivity index (χ2v) is 8.87. The van der Waals surface area contributed by atoms with Gasteiger partial charge in [-0.3, -0.25) is 9.36 Å². The number of oxazole rings is 1. The van der Waals surface area contributed by atoms with Gasteiger partial charge in [-0.1, -0.05) is 43.8 Å². The van der Waals surface area contributed by atoms with E-state index in [2.05, 4.69) is 23.8 Å². The molecule has 1 N–H and O–H groups in total. The van der Waals surface area contributed by atoms with Crippen LogP contribution in [0.1, 0.15) is 37.4 Å². The maximum atomic E-state index is 13.1. The van der Waals surface area contributed by atoms with Crippen molar-refractivity contribution in [2.24, 2.45) is 5.92 Å². The van der Waals surface area contributed by atoms with Crippen molar-refractivity contribution in [2.45, 2.75) is 51.6 Å². The number of nitrogens with zero attached hydrogens (tertiary/aromatic N) is 3. The van der Waals surface area contributed by atoms with Crippen LogP contribution in [0.15, 0.2) is 50.8 Å². The molecule has 0 atom stereocenters. The van der Waals surface area contributed by atoms with E-state index in [0.717, 1.165) is 34.3 Å². The summed E-state index contributed by atoms with van der Waals surface area (Å²) in [6.45, 7) is 8.83. The summed E-state index contributed by atoms with van der Waals surface area (Å²) in [7, 11) is 0. The molecule has 3 aromatic heterocycles. The maximum Gasteiger partial charge on any atom is 0.278 e. The van der Waals surface area contributed by atoms with Crippen molar-refractivity contribution in [2.75, 3.05) is 0 Å². The van der Waals surface area contributed by atoms with E-state index in [1.165, 1.54) is 11.8 Å². The number of thioether (sulfide) groups is 1. The summed E-state index contributed by atoms with van der Waals surface area (Å²) >= 11 is 1.53. The summed E-state index contributed by atoms with van der Waals surface area (Å²) in [6, 6.07) is 11.8. The molecule has 1 aromatic carbocycles. The zero-order chi connectivity index (χ0) is 21.3. The van der Waals surface area contributed by atoms with E-state index >= 15 is 0 Å². The van der Waals surface area contributed by atoms with Gasteiger partial charge in [-0.05, 0) is 44.4 Å². The van der Waals surface area contributed by atoms with Crippen molar-refractivity contribution in [3.05, 3.63) is 63.9 Å². The number of hydrogen-bond acceptors (Lipinski definition) is 5. The smallest absolute Gasteiger partial charge is 0.278 e. The number of rotatable bonds is 7. The van der Waals surface area contributed by atoms with Crippen molar-refractivity contribution in [3.63, 3.8) is 0 Å². The van der Waals surface area contributed by atoms with Crippen LogP contribution in [-0.2, 0) is 12.3 Å². The molecule has 0 spiro atoms. The Morgan fingerprint density at radius 1 is 1.17 bits per heavy atom.